The summed E-state index contributed by atoms with van der Waals surface area (Å²) in [6.07, 6.45) is 2.01. The fourth-order valence-corrected chi connectivity index (χ4v) is 9.52. The summed E-state index contributed by atoms with van der Waals surface area (Å²) in [6, 6.07) is 98.9. The zero-order valence-corrected chi connectivity index (χ0v) is 81.9. The van der Waals surface area contributed by atoms with Crippen LogP contribution in [-0.2, 0) is 42.8 Å². The molecule has 0 aliphatic carbocycles. The van der Waals surface area contributed by atoms with Crippen LogP contribution in [0, 0.1) is 0 Å². The van der Waals surface area contributed by atoms with Crippen LogP contribution in [0.1, 0.15) is 27.7 Å². The zero-order chi connectivity index (χ0) is 92.4. The van der Waals surface area contributed by atoms with Gasteiger partial charge in [0.05, 0.1) is 45.5 Å². The number of hydrogen-bond acceptors (Lipinski definition) is 19. The fraction of sp³-hybridized carbons (Fsp3) is 0.253. The number of nitrogens with two attached hydrogens (primary N) is 1. The molecule has 0 bridgehead atoms. The van der Waals surface area contributed by atoms with Gasteiger partial charge in [-0.05, 0) is 222 Å². The van der Waals surface area contributed by atoms with Crippen molar-refractivity contribution in [3.05, 3.63) is 314 Å². The van der Waals surface area contributed by atoms with Gasteiger partial charge in [0.25, 0.3) is 20.2 Å². The molecule has 0 spiro atoms. The molecule has 0 aromatic heterocycles. The van der Waals surface area contributed by atoms with Crippen LogP contribution in [0.5, 0.6) is 0 Å². The number of rotatable bonds is 22. The Labute approximate surface area is 774 Å². The molecule has 26 nitrogen and oxygen atoms in total. The minimum atomic E-state index is -3.28. The normalized spacial score (nSPS) is 9.50. The van der Waals surface area contributed by atoms with Crippen LogP contribution in [0.15, 0.2) is 308 Å². The molecule has 668 valence electrons. The third kappa shape index (κ3) is 82.3. The Morgan fingerprint density at radius 1 is 0.382 bits per heavy atom. The van der Waals surface area contributed by atoms with E-state index in [1.165, 1.54) is 14.2 Å². The van der Waals surface area contributed by atoms with Gasteiger partial charge < -0.3 is 88.4 Å². The van der Waals surface area contributed by atoms with E-state index >= 15 is 0 Å². The number of thiocarbonyl (C=S) groups is 5. The molecular weight excluding hydrogens is 1840 g/mol. The molecule has 0 amide bonds. The summed E-state index contributed by atoms with van der Waals surface area (Å²) in [4.78, 5) is 4.65. The number of azide groups is 1. The Morgan fingerprint density at radius 2 is 0.520 bits per heavy atom. The van der Waals surface area contributed by atoms with Gasteiger partial charge in [-0.15, -0.1) is 0 Å². The van der Waals surface area contributed by atoms with Gasteiger partial charge in [-0.25, -0.2) is 0 Å². The van der Waals surface area contributed by atoms with Crippen LogP contribution in [0.4, 0.5) is 56.9 Å². The molecule has 10 rings (SSSR count). The van der Waals surface area contributed by atoms with Gasteiger partial charge in [-0.1, -0.05) is 215 Å². The van der Waals surface area contributed by atoms with E-state index in [1.807, 2.05) is 359 Å². The first-order valence-corrected chi connectivity index (χ1v) is 50.4. The number of benzene rings is 10. The SMILES string of the molecule is CC(C)N.CC(C)N=[N+]=[N-].CNC.CO.COCCN(C)C.COCCOS(C)(=O)=O.COCCOS(C)(=O)=O.S=C(Nc1ccccc1)Nc1ccccc1.S=C(Nc1ccccc1)Nc1ccccc1.S=C(Nc1ccccc1)Nc1ccccc1.S=C(Nc1ccccc1)Nc1ccccc1.S=C(Nc1ccccc1)Nc1ccccc1.[Cl][Sn][Cl]. The standard InChI is InChI=1S/5C13H12N2S.C5H13NO.2C4H10O4S.C3H7N3.C3H9N.C2H7N.CH4O.2ClH.Sn/c5*16-13(14-11-7-3-1-4-8-11)15-12-9-5-2-6-10-12;1-6(2)4-5-7-3;2*1-7-3-4-8-9(2,5)6;1-3(2)5-6-4;1-3(2)4;1-3-2;1-2;;;/h5*1-10H,(H2,14,15,16);4-5H2,1-3H3;2*3-4H2,1-2H3;3H,1-2H3;3H,4H2,1-2H3;3H,1-2H3;2H,1H3;2*1H;/q;;;;;;;;;;;;;;+2/p-2. The van der Waals surface area contributed by atoms with Gasteiger partial charge in [-0.2, -0.15) is 16.8 Å². The molecule has 10 aromatic rings. The second-order valence-electron chi connectivity index (χ2n) is 24.5. The third-order valence-electron chi connectivity index (χ3n) is 12.5. The first kappa shape index (κ1) is 118. The van der Waals surface area contributed by atoms with Crippen LogP contribution in [0.25, 0.3) is 10.4 Å². The van der Waals surface area contributed by atoms with Crippen molar-refractivity contribution >= 4 is 200 Å². The van der Waals surface area contributed by atoms with Gasteiger partial charge in [-0.3, -0.25) is 8.37 Å². The minimum absolute atomic E-state index is 0.0926. The second-order valence-corrected chi connectivity index (χ2v) is 34.1. The predicted octanol–water partition coefficient (Wildman–Crippen LogP) is 19.4. The maximum absolute atomic E-state index is 10.2. The Balaban J connectivity index is -0.00000132. The maximum atomic E-state index is 10.2. The number of methoxy groups -OCH3 is 3. The molecule has 10 aromatic carbocycles. The van der Waals surface area contributed by atoms with Crippen molar-refractivity contribution in [2.24, 2.45) is 10.8 Å². The van der Waals surface area contributed by atoms with E-state index in [9.17, 15) is 16.8 Å². The van der Waals surface area contributed by atoms with E-state index in [4.69, 9.17) is 100 Å². The van der Waals surface area contributed by atoms with Crippen molar-refractivity contribution < 1.29 is 44.5 Å². The summed E-state index contributed by atoms with van der Waals surface area (Å²) in [6.45, 7) is 10.2. The van der Waals surface area contributed by atoms with Crippen molar-refractivity contribution in [1.82, 2.24) is 10.2 Å². The second kappa shape index (κ2) is 81.2. The summed E-state index contributed by atoms with van der Waals surface area (Å²) in [7, 11) is 16.8. The number of hydrogen-bond donors (Lipinski definition) is 13. The number of para-hydroxylation sites is 10. The van der Waals surface area contributed by atoms with E-state index in [-0.39, 0.29) is 19.3 Å². The Hall–Kier alpha value is -9.12. The number of nitrogens with zero attached hydrogens (tertiary/aromatic N) is 4. The Bertz CT molecular complexity index is 3710. The summed E-state index contributed by atoms with van der Waals surface area (Å²) in [5.74, 6) is 0. The quantitative estimate of drug-likeness (QED) is 0.00570. The summed E-state index contributed by atoms with van der Waals surface area (Å²) >= 11 is 25.2. The van der Waals surface area contributed by atoms with E-state index < -0.39 is 39.1 Å². The number of nitrogens with one attached hydrogen (secondary N) is 11. The molecule has 0 saturated heterocycles. The van der Waals surface area contributed by atoms with Crippen molar-refractivity contribution in [2.45, 2.75) is 39.8 Å². The molecule has 0 fully saturated rings. The number of aliphatic hydroxyl groups is 1. The number of anilines is 10. The molecule has 0 aliphatic heterocycles. The number of likely N-dealkylation sites (N-methyl/N-ethyl adjacent to an activating group) is 1. The van der Waals surface area contributed by atoms with E-state index in [0.29, 0.717) is 44.8 Å². The summed E-state index contributed by atoms with van der Waals surface area (Å²) in [5.41, 5.74) is 22.6. The van der Waals surface area contributed by atoms with E-state index in [1.54, 1.807) is 7.11 Å². The van der Waals surface area contributed by atoms with Crippen LogP contribution in [-0.4, -0.2) is 192 Å². The molecule has 14 N–H and O–H groups in total. The molecular formula is C87H120Cl2N16O10S7Sn. The first-order valence-electron chi connectivity index (χ1n) is 37.4. The van der Waals surface area contributed by atoms with Gasteiger partial charge in [0.2, 0.25) is 0 Å². The average molecular weight is 1960 g/mol. The molecule has 0 atom stereocenters. The van der Waals surface area contributed by atoms with Crippen molar-refractivity contribution in [2.75, 3.05) is 162 Å². The van der Waals surface area contributed by atoms with Gasteiger partial charge in [0, 0.05) is 103 Å². The number of aliphatic hydroxyl groups excluding tert-OH is 1. The molecule has 0 aliphatic rings. The summed E-state index contributed by atoms with van der Waals surface area (Å²) < 4.78 is 63.5. The zero-order valence-electron chi connectivity index (χ0n) is 71.9. The van der Waals surface area contributed by atoms with Gasteiger partial charge in [0.1, 0.15) is 0 Å². The van der Waals surface area contributed by atoms with Crippen molar-refractivity contribution in [3.8, 4) is 0 Å². The van der Waals surface area contributed by atoms with Crippen LogP contribution in [0.2, 0.25) is 0 Å². The third-order valence-corrected chi connectivity index (χ3v) is 14.7. The molecule has 0 heterocycles. The number of ether oxygens (including phenoxy) is 3. The molecule has 123 heavy (non-hydrogen) atoms. The Morgan fingerprint density at radius 3 is 0.602 bits per heavy atom. The Kier molecular flexibility index (Phi) is 78.0. The van der Waals surface area contributed by atoms with Crippen molar-refractivity contribution in [3.63, 3.8) is 0 Å². The molecule has 2 radical (unpaired) electrons. The fourth-order valence-electron chi connectivity index (χ4n) is 7.60. The van der Waals surface area contributed by atoms with Crippen LogP contribution >= 0.6 is 78.9 Å². The first-order chi connectivity index (χ1) is 58.9. The topological polar surface area (TPSA) is 345 Å². The van der Waals surface area contributed by atoms with Crippen molar-refractivity contribution in [1.29, 1.82) is 0 Å². The van der Waals surface area contributed by atoms with Crippen LogP contribution < -0.4 is 64.2 Å². The average Bonchev–Trinajstić information content (AvgIpc) is 0.928. The van der Waals surface area contributed by atoms with Gasteiger partial charge >= 0.3 is 36.7 Å². The van der Waals surface area contributed by atoms with Gasteiger partial charge in [0.15, 0.2) is 25.6 Å². The molecule has 0 unspecified atom stereocenters. The van der Waals surface area contributed by atoms with E-state index in [0.717, 1.165) is 89.6 Å². The van der Waals surface area contributed by atoms with E-state index in [2.05, 4.69) is 91.3 Å². The molecule has 0 saturated carbocycles. The predicted molar refractivity (Wildman–Crippen MR) is 544 cm³/mol. The molecule has 36 heteroatoms. The number of halogens is 2. The monoisotopic (exact) mass is 1960 g/mol. The summed E-state index contributed by atoms with van der Waals surface area (Å²) in [5, 5.41) is 47.1. The van der Waals surface area contributed by atoms with Crippen LogP contribution in [0.3, 0.4) is 0 Å².